The van der Waals surface area contributed by atoms with Gasteiger partial charge in [0.05, 0.1) is 17.7 Å². The van der Waals surface area contributed by atoms with Crippen molar-refractivity contribution in [3.8, 4) is 0 Å². The van der Waals surface area contributed by atoms with Crippen LogP contribution in [0.5, 0.6) is 0 Å². The summed E-state index contributed by atoms with van der Waals surface area (Å²) in [5.41, 5.74) is 0.715. The van der Waals surface area contributed by atoms with Crippen molar-refractivity contribution in [2.75, 3.05) is 13.6 Å². The standard InChI is InChI=1S/C19H18F3NO2/c1-12-7-6-9-14(13(12)2)17(24)11-23(3)18(25)15-8-4-5-10-16(15)19(20,21)22/h4-10H,11H2,1-3H3. The maximum absolute atomic E-state index is 13.1. The third-order valence-corrected chi connectivity index (χ3v) is 4.10. The number of alkyl halides is 3. The van der Waals surface area contributed by atoms with Gasteiger partial charge in [-0.1, -0.05) is 30.3 Å². The number of halogens is 3. The van der Waals surface area contributed by atoms with Gasteiger partial charge in [0.1, 0.15) is 0 Å². The van der Waals surface area contributed by atoms with E-state index in [1.807, 2.05) is 13.0 Å². The zero-order valence-electron chi connectivity index (χ0n) is 14.1. The molecule has 0 spiro atoms. The molecule has 3 nitrogen and oxygen atoms in total. The van der Waals surface area contributed by atoms with E-state index in [1.54, 1.807) is 19.1 Å². The summed E-state index contributed by atoms with van der Waals surface area (Å²) in [6.45, 7) is 3.36. The summed E-state index contributed by atoms with van der Waals surface area (Å²) >= 11 is 0. The van der Waals surface area contributed by atoms with Crippen LogP contribution in [0.25, 0.3) is 0 Å². The van der Waals surface area contributed by atoms with Crippen molar-refractivity contribution in [1.29, 1.82) is 0 Å². The Morgan fingerprint density at radius 2 is 1.56 bits per heavy atom. The number of aryl methyl sites for hydroxylation is 1. The van der Waals surface area contributed by atoms with E-state index in [4.69, 9.17) is 0 Å². The van der Waals surface area contributed by atoms with Crippen LogP contribution in [-0.2, 0) is 6.18 Å². The summed E-state index contributed by atoms with van der Waals surface area (Å²) in [5.74, 6) is -1.16. The molecule has 0 atom stereocenters. The van der Waals surface area contributed by atoms with Gasteiger partial charge < -0.3 is 4.90 Å². The molecular weight excluding hydrogens is 331 g/mol. The highest BCUT2D eigenvalue weighted by molar-refractivity contribution is 6.03. The van der Waals surface area contributed by atoms with Crippen molar-refractivity contribution < 1.29 is 22.8 Å². The summed E-state index contributed by atoms with van der Waals surface area (Å²) in [6, 6.07) is 9.80. The van der Waals surface area contributed by atoms with Gasteiger partial charge in [-0.15, -0.1) is 0 Å². The largest absolute Gasteiger partial charge is 0.417 e. The lowest BCUT2D eigenvalue weighted by Gasteiger charge is -2.20. The number of rotatable bonds is 4. The summed E-state index contributed by atoms with van der Waals surface area (Å²) in [5, 5.41) is 0. The molecule has 0 saturated carbocycles. The first kappa shape index (κ1) is 18.7. The molecule has 0 aliphatic rings. The van der Waals surface area contributed by atoms with E-state index in [0.29, 0.717) is 5.56 Å². The maximum atomic E-state index is 13.1. The fraction of sp³-hybridized carbons (Fsp3) is 0.263. The zero-order chi connectivity index (χ0) is 18.8. The lowest BCUT2D eigenvalue weighted by atomic mass is 9.99. The number of carbonyl (C=O) groups is 2. The number of hydrogen-bond acceptors (Lipinski definition) is 2. The van der Waals surface area contributed by atoms with E-state index in [1.165, 1.54) is 19.2 Å². The average molecular weight is 349 g/mol. The van der Waals surface area contributed by atoms with Gasteiger partial charge in [-0.2, -0.15) is 13.2 Å². The molecule has 0 radical (unpaired) electrons. The number of benzene rings is 2. The number of hydrogen-bond donors (Lipinski definition) is 0. The van der Waals surface area contributed by atoms with Crippen LogP contribution >= 0.6 is 0 Å². The monoisotopic (exact) mass is 349 g/mol. The molecule has 1 amide bonds. The third-order valence-electron chi connectivity index (χ3n) is 4.10. The van der Waals surface area contributed by atoms with Crippen LogP contribution in [0.15, 0.2) is 42.5 Å². The predicted molar refractivity (Wildman–Crippen MR) is 88.7 cm³/mol. The van der Waals surface area contributed by atoms with Crippen LogP contribution in [-0.4, -0.2) is 30.2 Å². The van der Waals surface area contributed by atoms with Crippen molar-refractivity contribution in [1.82, 2.24) is 4.90 Å². The lowest BCUT2D eigenvalue weighted by Crippen LogP contribution is -2.33. The van der Waals surface area contributed by atoms with Crippen molar-refractivity contribution in [3.05, 3.63) is 70.3 Å². The van der Waals surface area contributed by atoms with E-state index < -0.39 is 23.2 Å². The number of ketones is 1. The Balaban J connectivity index is 2.24. The van der Waals surface area contributed by atoms with Crippen LogP contribution in [0.4, 0.5) is 13.2 Å². The Kier molecular flexibility index (Phi) is 5.30. The average Bonchev–Trinajstić information content (AvgIpc) is 2.55. The number of carbonyl (C=O) groups excluding carboxylic acids is 2. The number of amides is 1. The molecule has 0 N–H and O–H groups in total. The molecule has 2 rings (SSSR count). The van der Waals surface area contributed by atoms with Gasteiger partial charge in [0.25, 0.3) is 5.91 Å². The van der Waals surface area contributed by atoms with Gasteiger partial charge >= 0.3 is 6.18 Å². The molecular formula is C19H18F3NO2. The van der Waals surface area contributed by atoms with Gasteiger partial charge in [0.15, 0.2) is 5.78 Å². The van der Waals surface area contributed by atoms with Crippen molar-refractivity contribution >= 4 is 11.7 Å². The highest BCUT2D eigenvalue weighted by Gasteiger charge is 2.35. The van der Waals surface area contributed by atoms with E-state index in [0.717, 1.165) is 28.2 Å². The van der Waals surface area contributed by atoms with E-state index >= 15 is 0 Å². The molecule has 0 unspecified atom stereocenters. The summed E-state index contributed by atoms with van der Waals surface area (Å²) in [6.07, 6.45) is -4.63. The fourth-order valence-corrected chi connectivity index (χ4v) is 2.55. The highest BCUT2D eigenvalue weighted by atomic mass is 19.4. The molecule has 0 aromatic heterocycles. The minimum atomic E-state index is -4.63. The summed E-state index contributed by atoms with van der Waals surface area (Å²) in [7, 11) is 1.32. The van der Waals surface area contributed by atoms with Crippen LogP contribution in [0, 0.1) is 13.8 Å². The first-order valence-corrected chi connectivity index (χ1v) is 7.64. The number of Topliss-reactive ketones (excluding diaryl/α,β-unsaturated/α-hetero) is 1. The maximum Gasteiger partial charge on any atom is 0.417 e. The van der Waals surface area contributed by atoms with Crippen LogP contribution in [0.3, 0.4) is 0 Å². The second kappa shape index (κ2) is 7.09. The van der Waals surface area contributed by atoms with Gasteiger partial charge in [0, 0.05) is 12.6 Å². The topological polar surface area (TPSA) is 37.4 Å². The zero-order valence-corrected chi connectivity index (χ0v) is 14.1. The number of nitrogens with zero attached hydrogens (tertiary/aromatic N) is 1. The quantitative estimate of drug-likeness (QED) is 0.773. The van der Waals surface area contributed by atoms with Gasteiger partial charge in [-0.3, -0.25) is 9.59 Å². The Bertz CT molecular complexity index is 813. The van der Waals surface area contributed by atoms with Gasteiger partial charge in [0.2, 0.25) is 0 Å². The Hall–Kier alpha value is -2.63. The van der Waals surface area contributed by atoms with E-state index in [-0.39, 0.29) is 12.3 Å². The molecule has 0 fully saturated rings. The van der Waals surface area contributed by atoms with Crippen molar-refractivity contribution in [2.24, 2.45) is 0 Å². The van der Waals surface area contributed by atoms with E-state index in [2.05, 4.69) is 0 Å². The summed E-state index contributed by atoms with van der Waals surface area (Å²) in [4.78, 5) is 25.8. The molecule has 25 heavy (non-hydrogen) atoms. The normalized spacial score (nSPS) is 11.3. The van der Waals surface area contributed by atoms with Crippen LogP contribution in [0.2, 0.25) is 0 Å². The van der Waals surface area contributed by atoms with Gasteiger partial charge in [-0.25, -0.2) is 0 Å². The Morgan fingerprint density at radius 3 is 2.20 bits per heavy atom. The molecule has 6 heteroatoms. The highest BCUT2D eigenvalue weighted by Crippen LogP contribution is 2.32. The SMILES string of the molecule is Cc1cccc(C(=O)CN(C)C(=O)c2ccccc2C(F)(F)F)c1C. The second-order valence-electron chi connectivity index (χ2n) is 5.88. The third kappa shape index (κ3) is 4.07. The van der Waals surface area contributed by atoms with Crippen LogP contribution < -0.4 is 0 Å². The van der Waals surface area contributed by atoms with Crippen molar-refractivity contribution in [2.45, 2.75) is 20.0 Å². The molecule has 0 bridgehead atoms. The molecule has 132 valence electrons. The van der Waals surface area contributed by atoms with Crippen LogP contribution in [0.1, 0.15) is 37.4 Å². The second-order valence-corrected chi connectivity index (χ2v) is 5.88. The molecule has 0 aliphatic carbocycles. The minimum Gasteiger partial charge on any atom is -0.334 e. The molecule has 0 heterocycles. The van der Waals surface area contributed by atoms with Gasteiger partial charge in [-0.05, 0) is 37.1 Å². The molecule has 0 saturated heterocycles. The number of likely N-dealkylation sites (N-methyl/N-ethyl adjacent to an activating group) is 1. The first-order valence-electron chi connectivity index (χ1n) is 7.64. The van der Waals surface area contributed by atoms with E-state index in [9.17, 15) is 22.8 Å². The predicted octanol–water partition coefficient (Wildman–Crippen LogP) is 4.28. The fourth-order valence-electron chi connectivity index (χ4n) is 2.55. The lowest BCUT2D eigenvalue weighted by molar-refractivity contribution is -0.138. The molecule has 0 aliphatic heterocycles. The van der Waals surface area contributed by atoms with Crippen molar-refractivity contribution in [3.63, 3.8) is 0 Å². The summed E-state index contributed by atoms with van der Waals surface area (Å²) < 4.78 is 39.2. The Morgan fingerprint density at radius 1 is 0.960 bits per heavy atom. The molecule has 2 aromatic rings. The minimum absolute atomic E-state index is 0.296. The smallest absolute Gasteiger partial charge is 0.334 e. The Labute approximate surface area is 144 Å². The first-order chi connectivity index (χ1) is 11.6. The molecule has 2 aromatic carbocycles.